The van der Waals surface area contributed by atoms with Crippen molar-refractivity contribution in [2.24, 2.45) is 5.92 Å². The predicted molar refractivity (Wildman–Crippen MR) is 76.3 cm³/mol. The molecule has 1 aliphatic carbocycles. The molecule has 18 heavy (non-hydrogen) atoms. The van der Waals surface area contributed by atoms with Crippen LogP contribution in [-0.4, -0.2) is 24.3 Å². The van der Waals surface area contributed by atoms with Crippen molar-refractivity contribution in [2.45, 2.75) is 31.8 Å². The van der Waals surface area contributed by atoms with Crippen LogP contribution in [-0.2, 0) is 0 Å². The van der Waals surface area contributed by atoms with Gasteiger partial charge in [-0.25, -0.2) is 0 Å². The van der Waals surface area contributed by atoms with E-state index >= 15 is 0 Å². The highest BCUT2D eigenvalue weighted by Crippen LogP contribution is 2.23. The van der Waals surface area contributed by atoms with E-state index in [1.54, 1.807) is 0 Å². The first-order chi connectivity index (χ1) is 8.84. The summed E-state index contributed by atoms with van der Waals surface area (Å²) in [6.07, 6.45) is 8.56. The molecule has 0 spiro atoms. The van der Waals surface area contributed by atoms with Gasteiger partial charge in [-0.1, -0.05) is 42.5 Å². The normalized spacial score (nSPS) is 24.5. The van der Waals surface area contributed by atoms with Crippen LogP contribution in [0.4, 0.5) is 0 Å². The van der Waals surface area contributed by atoms with E-state index in [4.69, 9.17) is 0 Å². The fraction of sp³-hybridized carbons (Fsp3) is 0.500. The summed E-state index contributed by atoms with van der Waals surface area (Å²) in [5.74, 6) is 0.749. The van der Waals surface area contributed by atoms with Crippen LogP contribution in [0, 0.1) is 5.92 Å². The van der Waals surface area contributed by atoms with Crippen LogP contribution in [0.15, 0.2) is 36.4 Å². The third kappa shape index (κ3) is 4.63. The highest BCUT2D eigenvalue weighted by Gasteiger charge is 2.18. The number of aliphatic hydroxyl groups excluding tert-OH is 1. The van der Waals surface area contributed by atoms with E-state index in [0.717, 1.165) is 44.7 Å². The molecule has 0 aliphatic heterocycles. The molecular weight excluding hydrogens is 222 g/mol. The lowest BCUT2D eigenvalue weighted by molar-refractivity contribution is 0.108. The Kier molecular flexibility index (Phi) is 5.43. The smallest absolute Gasteiger partial charge is 0.0540 e. The van der Waals surface area contributed by atoms with Crippen molar-refractivity contribution in [3.05, 3.63) is 42.0 Å². The van der Waals surface area contributed by atoms with E-state index in [-0.39, 0.29) is 6.10 Å². The molecule has 0 amide bonds. The van der Waals surface area contributed by atoms with Gasteiger partial charge in [0.05, 0.1) is 6.10 Å². The summed E-state index contributed by atoms with van der Waals surface area (Å²) in [5.41, 5.74) is 1.25. The topological polar surface area (TPSA) is 32.3 Å². The van der Waals surface area contributed by atoms with Gasteiger partial charge in [0.15, 0.2) is 0 Å². The van der Waals surface area contributed by atoms with E-state index in [2.05, 4.69) is 41.7 Å². The Labute approximate surface area is 110 Å². The van der Waals surface area contributed by atoms with Crippen molar-refractivity contribution in [3.8, 4) is 0 Å². The number of aliphatic hydroxyl groups is 1. The van der Waals surface area contributed by atoms with Crippen LogP contribution in [0.1, 0.15) is 31.2 Å². The standard InChI is InChI=1S/C16H23NO/c18-16-10-8-15(9-11-16)13-17-12-4-7-14-5-2-1-3-6-14/h1-7,15-18H,8-13H2/b7-4+. The molecule has 2 N–H and O–H groups in total. The average molecular weight is 245 g/mol. The molecule has 1 aromatic rings. The van der Waals surface area contributed by atoms with Gasteiger partial charge in [0.2, 0.25) is 0 Å². The van der Waals surface area contributed by atoms with Crippen LogP contribution >= 0.6 is 0 Å². The second-order valence-corrected chi connectivity index (χ2v) is 5.15. The Morgan fingerprint density at radius 1 is 1.11 bits per heavy atom. The minimum atomic E-state index is -0.0424. The zero-order chi connectivity index (χ0) is 12.6. The summed E-state index contributed by atoms with van der Waals surface area (Å²) in [6.45, 7) is 2.00. The molecule has 1 saturated carbocycles. The van der Waals surface area contributed by atoms with Gasteiger partial charge in [-0.3, -0.25) is 0 Å². The Hall–Kier alpha value is -1.12. The van der Waals surface area contributed by atoms with Gasteiger partial charge in [-0.05, 0) is 43.7 Å². The number of rotatable bonds is 5. The van der Waals surface area contributed by atoms with Gasteiger partial charge in [-0.15, -0.1) is 0 Å². The maximum atomic E-state index is 9.43. The first kappa shape index (κ1) is 13.3. The maximum Gasteiger partial charge on any atom is 0.0540 e. The van der Waals surface area contributed by atoms with Crippen molar-refractivity contribution in [3.63, 3.8) is 0 Å². The number of benzene rings is 1. The first-order valence-corrected chi connectivity index (χ1v) is 6.95. The Morgan fingerprint density at radius 3 is 2.56 bits per heavy atom. The van der Waals surface area contributed by atoms with E-state index in [0.29, 0.717) is 0 Å². The highest BCUT2D eigenvalue weighted by molar-refractivity contribution is 5.48. The highest BCUT2D eigenvalue weighted by atomic mass is 16.3. The summed E-state index contributed by atoms with van der Waals surface area (Å²) in [7, 11) is 0. The summed E-state index contributed by atoms with van der Waals surface area (Å²) < 4.78 is 0. The Morgan fingerprint density at radius 2 is 1.83 bits per heavy atom. The number of nitrogens with one attached hydrogen (secondary N) is 1. The van der Waals surface area contributed by atoms with Crippen molar-refractivity contribution in [1.82, 2.24) is 5.32 Å². The second-order valence-electron chi connectivity index (χ2n) is 5.15. The Balaban J connectivity index is 1.60. The summed E-state index contributed by atoms with van der Waals surface area (Å²) >= 11 is 0. The SMILES string of the molecule is OC1CCC(CNC/C=C/c2ccccc2)CC1. The second kappa shape index (κ2) is 7.34. The molecule has 0 bridgehead atoms. The lowest BCUT2D eigenvalue weighted by atomic mass is 9.87. The van der Waals surface area contributed by atoms with Crippen LogP contribution in [0.2, 0.25) is 0 Å². The third-order valence-corrected chi connectivity index (χ3v) is 3.62. The van der Waals surface area contributed by atoms with E-state index in [9.17, 15) is 5.11 Å². The van der Waals surface area contributed by atoms with E-state index < -0.39 is 0 Å². The van der Waals surface area contributed by atoms with E-state index in [1.165, 1.54) is 5.56 Å². The maximum absolute atomic E-state index is 9.43. The van der Waals surface area contributed by atoms with Gasteiger partial charge in [0.1, 0.15) is 0 Å². The van der Waals surface area contributed by atoms with Gasteiger partial charge >= 0.3 is 0 Å². The third-order valence-electron chi connectivity index (χ3n) is 3.62. The minimum absolute atomic E-state index is 0.0424. The molecule has 0 saturated heterocycles. The van der Waals surface area contributed by atoms with Crippen LogP contribution < -0.4 is 5.32 Å². The fourth-order valence-electron chi connectivity index (χ4n) is 2.48. The molecule has 0 unspecified atom stereocenters. The first-order valence-electron chi connectivity index (χ1n) is 6.95. The number of hydrogen-bond acceptors (Lipinski definition) is 2. The van der Waals surface area contributed by atoms with Crippen LogP contribution in [0.25, 0.3) is 6.08 Å². The molecule has 1 aliphatic rings. The Bertz CT molecular complexity index is 353. The predicted octanol–water partition coefficient (Wildman–Crippen LogP) is 2.84. The lowest BCUT2D eigenvalue weighted by Crippen LogP contribution is -2.28. The number of hydrogen-bond donors (Lipinski definition) is 2. The van der Waals surface area contributed by atoms with Gasteiger partial charge < -0.3 is 10.4 Å². The van der Waals surface area contributed by atoms with Crippen LogP contribution in [0.5, 0.6) is 0 Å². The lowest BCUT2D eigenvalue weighted by Gasteiger charge is -2.25. The zero-order valence-corrected chi connectivity index (χ0v) is 10.9. The average Bonchev–Trinajstić information content (AvgIpc) is 2.42. The zero-order valence-electron chi connectivity index (χ0n) is 10.9. The molecule has 0 atom stereocenters. The largest absolute Gasteiger partial charge is 0.393 e. The summed E-state index contributed by atoms with van der Waals surface area (Å²) in [4.78, 5) is 0. The van der Waals surface area contributed by atoms with Gasteiger partial charge in [-0.2, -0.15) is 0 Å². The van der Waals surface area contributed by atoms with Crippen molar-refractivity contribution < 1.29 is 5.11 Å². The van der Waals surface area contributed by atoms with Crippen LogP contribution in [0.3, 0.4) is 0 Å². The molecule has 0 heterocycles. The molecule has 2 nitrogen and oxygen atoms in total. The fourth-order valence-corrected chi connectivity index (χ4v) is 2.48. The summed E-state index contributed by atoms with van der Waals surface area (Å²) in [5, 5.41) is 12.9. The molecule has 0 radical (unpaired) electrons. The van der Waals surface area contributed by atoms with E-state index in [1.807, 2.05) is 6.07 Å². The van der Waals surface area contributed by atoms with Crippen molar-refractivity contribution in [1.29, 1.82) is 0 Å². The van der Waals surface area contributed by atoms with Gasteiger partial charge in [0, 0.05) is 6.54 Å². The van der Waals surface area contributed by atoms with Crippen molar-refractivity contribution >= 4 is 6.08 Å². The quantitative estimate of drug-likeness (QED) is 0.782. The molecule has 1 fully saturated rings. The molecule has 2 rings (SSSR count). The van der Waals surface area contributed by atoms with Gasteiger partial charge in [0.25, 0.3) is 0 Å². The summed E-state index contributed by atoms with van der Waals surface area (Å²) in [6, 6.07) is 10.4. The van der Waals surface area contributed by atoms with Crippen molar-refractivity contribution in [2.75, 3.05) is 13.1 Å². The molecular formula is C16H23NO. The molecule has 0 aromatic heterocycles. The molecule has 1 aromatic carbocycles. The molecule has 98 valence electrons. The molecule has 2 heteroatoms. The minimum Gasteiger partial charge on any atom is -0.393 e. The monoisotopic (exact) mass is 245 g/mol.